The van der Waals surface area contributed by atoms with Crippen molar-refractivity contribution in [1.29, 1.82) is 0 Å². The van der Waals surface area contributed by atoms with Gasteiger partial charge in [0.1, 0.15) is 16.2 Å². The zero-order valence-electron chi connectivity index (χ0n) is 17.6. The summed E-state index contributed by atoms with van der Waals surface area (Å²) in [6.07, 6.45) is 1.37. The molecule has 0 fully saturated rings. The second kappa shape index (κ2) is 8.70. The first-order chi connectivity index (χ1) is 16.8. The van der Waals surface area contributed by atoms with Gasteiger partial charge in [-0.1, -0.05) is 17.3 Å². The number of sulfonamides is 1. The van der Waals surface area contributed by atoms with Gasteiger partial charge in [-0.25, -0.2) is 27.3 Å². The lowest BCUT2D eigenvalue weighted by molar-refractivity contribution is 0.256. The Morgan fingerprint density at radius 1 is 1.00 bits per heavy atom. The molecule has 0 aliphatic carbocycles. The Bertz CT molecular complexity index is 1770. The molecule has 3 N–H and O–H groups in total. The second-order valence-corrected chi connectivity index (χ2v) is 10.2. The highest BCUT2D eigenvalue weighted by Crippen LogP contribution is 2.29. The number of carbonyl (C=O) groups is 1. The Morgan fingerprint density at radius 3 is 2.51 bits per heavy atom. The van der Waals surface area contributed by atoms with Crippen LogP contribution in [0.1, 0.15) is 0 Å². The zero-order chi connectivity index (χ0) is 24.6. The van der Waals surface area contributed by atoms with Crippen LogP contribution in [-0.4, -0.2) is 29.2 Å². The fraction of sp³-hybridized carbons (Fsp3) is 0. The van der Waals surface area contributed by atoms with Gasteiger partial charge >= 0.3 is 11.7 Å². The van der Waals surface area contributed by atoms with Crippen molar-refractivity contribution >= 4 is 44.0 Å². The van der Waals surface area contributed by atoms with E-state index in [0.717, 1.165) is 15.9 Å². The molecule has 0 atom stereocenters. The fourth-order valence-electron chi connectivity index (χ4n) is 3.36. The topological polar surface area (TPSA) is 156 Å². The summed E-state index contributed by atoms with van der Waals surface area (Å²) in [5.41, 5.74) is 0.328. The molecule has 5 rings (SSSR count). The van der Waals surface area contributed by atoms with Crippen molar-refractivity contribution in [3.63, 3.8) is 0 Å². The van der Waals surface area contributed by atoms with Crippen LogP contribution in [-0.2, 0) is 10.0 Å². The van der Waals surface area contributed by atoms with Crippen LogP contribution in [0.2, 0.25) is 0 Å². The number of thiophene rings is 1. The van der Waals surface area contributed by atoms with Gasteiger partial charge in [0.15, 0.2) is 0 Å². The van der Waals surface area contributed by atoms with E-state index in [1.54, 1.807) is 36.4 Å². The molecule has 3 aromatic heterocycles. The Balaban J connectivity index is 1.32. The third kappa shape index (κ3) is 4.37. The van der Waals surface area contributed by atoms with Crippen molar-refractivity contribution in [3.05, 3.63) is 93.8 Å². The normalized spacial score (nSPS) is 11.4. The number of carbonyl (C=O) groups excluding carboxylic acids is 1. The fourth-order valence-corrected chi connectivity index (χ4v) is 5.54. The summed E-state index contributed by atoms with van der Waals surface area (Å²) in [4.78, 5) is 40.7. The smallest absolute Gasteiger partial charge is 0.333 e. The van der Waals surface area contributed by atoms with E-state index in [1.807, 2.05) is 4.72 Å². The van der Waals surface area contributed by atoms with Crippen LogP contribution in [0.5, 0.6) is 0 Å². The first kappa shape index (κ1) is 22.3. The number of anilines is 1. The van der Waals surface area contributed by atoms with Crippen molar-refractivity contribution in [3.8, 4) is 16.3 Å². The number of fused-ring (bicyclic) bond motifs is 1. The van der Waals surface area contributed by atoms with E-state index in [9.17, 15) is 22.8 Å². The summed E-state index contributed by atoms with van der Waals surface area (Å²) in [6.45, 7) is 0. The van der Waals surface area contributed by atoms with Gasteiger partial charge in [0.05, 0.1) is 21.5 Å². The van der Waals surface area contributed by atoms with Gasteiger partial charge in [0.2, 0.25) is 0 Å². The quantitative estimate of drug-likeness (QED) is 0.329. The number of hydrogen-bond acceptors (Lipinski definition) is 8. The van der Waals surface area contributed by atoms with Gasteiger partial charge in [-0.05, 0) is 48.5 Å². The Hall–Kier alpha value is -4.49. The predicted octanol–water partition coefficient (Wildman–Crippen LogP) is 2.91. The number of aromatic amines is 1. The number of hydrogen-bond donors (Lipinski definition) is 3. The van der Waals surface area contributed by atoms with Crippen molar-refractivity contribution in [1.82, 2.24) is 19.4 Å². The first-order valence-electron chi connectivity index (χ1n) is 10.0. The van der Waals surface area contributed by atoms with Crippen LogP contribution in [0.25, 0.3) is 27.2 Å². The molecule has 0 spiro atoms. The number of para-hydroxylation sites is 1. The molecule has 0 bridgehead atoms. The highest BCUT2D eigenvalue weighted by Gasteiger charge is 2.21. The number of amides is 2. The molecule has 3 heterocycles. The van der Waals surface area contributed by atoms with Crippen molar-refractivity contribution in [2.24, 2.45) is 0 Å². The molecule has 0 radical (unpaired) electrons. The van der Waals surface area contributed by atoms with Crippen LogP contribution < -0.4 is 21.3 Å². The van der Waals surface area contributed by atoms with Gasteiger partial charge in [-0.15, -0.1) is 11.3 Å². The molecule has 2 amide bonds. The SMILES string of the molecule is O=C(Nc1ccc(-n2c(=O)[nH]c3ccccc3c2=O)cc1)NS(=O)(=O)c1ccc(-c2ccon2)s1. The van der Waals surface area contributed by atoms with E-state index < -0.39 is 27.3 Å². The molecular formula is C22H15N5O6S2. The number of H-pyrrole nitrogens is 1. The van der Waals surface area contributed by atoms with Crippen LogP contribution in [0.4, 0.5) is 10.5 Å². The van der Waals surface area contributed by atoms with Crippen LogP contribution in [0.3, 0.4) is 0 Å². The Labute approximate surface area is 200 Å². The van der Waals surface area contributed by atoms with Gasteiger partial charge in [-0.3, -0.25) is 4.79 Å². The lowest BCUT2D eigenvalue weighted by Gasteiger charge is -2.09. The van der Waals surface area contributed by atoms with Gasteiger partial charge in [-0.2, -0.15) is 0 Å². The monoisotopic (exact) mass is 509 g/mol. The number of aromatic nitrogens is 3. The van der Waals surface area contributed by atoms with Crippen LogP contribution in [0, 0.1) is 0 Å². The van der Waals surface area contributed by atoms with E-state index in [1.165, 1.54) is 36.6 Å². The van der Waals surface area contributed by atoms with Crippen molar-refractivity contribution in [2.75, 3.05) is 5.32 Å². The molecule has 0 aliphatic heterocycles. The molecular weight excluding hydrogens is 494 g/mol. The average molecular weight is 510 g/mol. The summed E-state index contributed by atoms with van der Waals surface area (Å²) in [6, 6.07) is 16.0. The van der Waals surface area contributed by atoms with E-state index in [2.05, 4.69) is 15.5 Å². The second-order valence-electron chi connectivity index (χ2n) is 7.23. The molecule has 0 saturated heterocycles. The molecule has 2 aromatic carbocycles. The Morgan fingerprint density at radius 2 is 1.77 bits per heavy atom. The van der Waals surface area contributed by atoms with E-state index in [0.29, 0.717) is 21.5 Å². The lowest BCUT2D eigenvalue weighted by atomic mass is 10.2. The highest BCUT2D eigenvalue weighted by atomic mass is 32.2. The molecule has 0 aliphatic rings. The van der Waals surface area contributed by atoms with Gasteiger partial charge in [0.25, 0.3) is 15.6 Å². The minimum absolute atomic E-state index is 0.0732. The largest absolute Gasteiger partial charge is 0.364 e. The number of nitrogens with zero attached hydrogens (tertiary/aromatic N) is 2. The summed E-state index contributed by atoms with van der Waals surface area (Å²) in [5.74, 6) is 0. The maximum Gasteiger partial charge on any atom is 0.333 e. The first-order valence-corrected chi connectivity index (χ1v) is 12.3. The number of rotatable bonds is 5. The van der Waals surface area contributed by atoms with E-state index in [4.69, 9.17) is 4.52 Å². The molecule has 35 heavy (non-hydrogen) atoms. The molecule has 0 saturated carbocycles. The molecule has 0 unspecified atom stereocenters. The molecule has 11 nitrogen and oxygen atoms in total. The molecule has 5 aromatic rings. The van der Waals surface area contributed by atoms with Crippen molar-refractivity contribution < 1.29 is 17.7 Å². The standard InChI is InChI=1S/C22H15N5O6S2/c28-20-15-3-1-2-4-16(15)24-22(30)27(20)14-7-5-13(6-8-14)23-21(29)26-35(31,32)19-10-9-18(34-19)17-11-12-33-25-17/h1-12H,(H,24,30)(H2,23,26,29). The van der Waals surface area contributed by atoms with Crippen molar-refractivity contribution in [2.45, 2.75) is 4.21 Å². The lowest BCUT2D eigenvalue weighted by Crippen LogP contribution is -2.34. The van der Waals surface area contributed by atoms with Gasteiger partial charge < -0.3 is 14.8 Å². The minimum atomic E-state index is -4.13. The van der Waals surface area contributed by atoms with E-state index >= 15 is 0 Å². The summed E-state index contributed by atoms with van der Waals surface area (Å²) in [7, 11) is -4.13. The van der Waals surface area contributed by atoms with E-state index in [-0.39, 0.29) is 15.6 Å². The highest BCUT2D eigenvalue weighted by molar-refractivity contribution is 7.92. The summed E-state index contributed by atoms with van der Waals surface area (Å²) >= 11 is 0.931. The number of nitrogens with one attached hydrogen (secondary N) is 3. The predicted molar refractivity (Wildman–Crippen MR) is 129 cm³/mol. The maximum atomic E-state index is 12.8. The molecule has 176 valence electrons. The minimum Gasteiger partial charge on any atom is -0.364 e. The number of urea groups is 1. The average Bonchev–Trinajstić information content (AvgIpc) is 3.52. The van der Waals surface area contributed by atoms with Crippen LogP contribution in [0.15, 0.2) is 91.3 Å². The van der Waals surface area contributed by atoms with Gasteiger partial charge in [0, 0.05) is 11.8 Å². The molecule has 13 heteroatoms. The number of benzene rings is 2. The maximum absolute atomic E-state index is 12.8. The third-order valence-corrected chi connectivity index (χ3v) is 7.88. The summed E-state index contributed by atoms with van der Waals surface area (Å²) in [5, 5.41) is 6.51. The zero-order valence-corrected chi connectivity index (χ0v) is 19.2. The third-order valence-electron chi connectivity index (χ3n) is 4.95. The summed E-state index contributed by atoms with van der Waals surface area (Å²) < 4.78 is 32.7. The Kier molecular flexibility index (Phi) is 5.55. The van der Waals surface area contributed by atoms with Crippen LogP contribution >= 0.6 is 11.3 Å².